The molecule has 0 amide bonds. The van der Waals surface area contributed by atoms with Crippen molar-refractivity contribution in [3.8, 4) is 0 Å². The van der Waals surface area contributed by atoms with E-state index in [1.807, 2.05) is 38.0 Å². The first-order valence-electron chi connectivity index (χ1n) is 9.99. The van der Waals surface area contributed by atoms with E-state index in [0.717, 1.165) is 29.6 Å². The van der Waals surface area contributed by atoms with Crippen LogP contribution in [0.3, 0.4) is 0 Å². The van der Waals surface area contributed by atoms with E-state index >= 15 is 0 Å². The van der Waals surface area contributed by atoms with Crippen LogP contribution in [0.1, 0.15) is 67.7 Å². The number of carbonyl (C=O) groups excluding carboxylic acids is 1. The van der Waals surface area contributed by atoms with E-state index in [9.17, 15) is 9.90 Å². The summed E-state index contributed by atoms with van der Waals surface area (Å²) in [6.45, 7) is 12.7. The Morgan fingerprint density at radius 3 is 1.73 bits per heavy atom. The third-order valence-electron chi connectivity index (χ3n) is 4.97. The van der Waals surface area contributed by atoms with Crippen molar-refractivity contribution in [1.82, 2.24) is 9.97 Å². The van der Waals surface area contributed by atoms with Gasteiger partial charge in [-0.3, -0.25) is 0 Å². The van der Waals surface area contributed by atoms with Crippen molar-refractivity contribution in [3.63, 3.8) is 0 Å². The van der Waals surface area contributed by atoms with E-state index in [4.69, 9.17) is 9.97 Å². The molecule has 3 rings (SSSR count). The van der Waals surface area contributed by atoms with Crippen LogP contribution in [0.2, 0.25) is 0 Å². The summed E-state index contributed by atoms with van der Waals surface area (Å²) >= 11 is -0.164. The number of rotatable bonds is 4. The molecule has 0 aliphatic heterocycles. The Morgan fingerprint density at radius 1 is 0.833 bits per heavy atom. The molecule has 0 bridgehead atoms. The number of aliphatic hydroxyl groups excluding tert-OH is 1. The zero-order chi connectivity index (χ0) is 22.8. The number of hydrogen-bond donors (Lipinski definition) is 1. The van der Waals surface area contributed by atoms with E-state index in [2.05, 4.69) is 41.5 Å². The molecule has 1 aliphatic rings. The summed E-state index contributed by atoms with van der Waals surface area (Å²) in [5.41, 5.74) is 2.00. The second-order valence-electron chi connectivity index (χ2n) is 10.2. The van der Waals surface area contributed by atoms with Gasteiger partial charge >= 0.3 is 192 Å². The van der Waals surface area contributed by atoms with Gasteiger partial charge in [-0.05, 0) is 0 Å². The van der Waals surface area contributed by atoms with Gasteiger partial charge in [-0.25, -0.2) is 0 Å². The molecule has 6 nitrogen and oxygen atoms in total. The Bertz CT molecular complexity index is 1020. The van der Waals surface area contributed by atoms with E-state index in [-0.39, 0.29) is 51.4 Å². The Hall–Kier alpha value is -1.33. The third kappa shape index (κ3) is 3.95. The van der Waals surface area contributed by atoms with Gasteiger partial charge in [-0.1, -0.05) is 0 Å². The molecule has 1 unspecified atom stereocenters. The van der Waals surface area contributed by atoms with E-state index in [0.29, 0.717) is 5.57 Å². The quantitative estimate of drug-likeness (QED) is 0.600. The van der Waals surface area contributed by atoms with Crippen LogP contribution in [-0.2, 0) is 15.6 Å². The Kier molecular flexibility index (Phi) is 5.96. The summed E-state index contributed by atoms with van der Waals surface area (Å²) in [6.07, 6.45) is 0. The van der Waals surface area contributed by atoms with Crippen molar-refractivity contribution in [2.75, 3.05) is 38.0 Å². The summed E-state index contributed by atoms with van der Waals surface area (Å²) in [5.74, 6) is -0.318. The predicted octanol–water partition coefficient (Wildman–Crippen LogP) is 2.95. The maximum absolute atomic E-state index is 13.4. The van der Waals surface area contributed by atoms with Gasteiger partial charge in [0.15, 0.2) is 0 Å². The SMILES string of the molecule is CN(C)c1nc(C(C)(C)C)c(C2=C(O)C(c3[se]c(N(C)C)nc3C(C)(C)C)C2=O)[se]1. The Labute approximate surface area is 191 Å². The standard InChI is InChI=1S/C22H32N4O2Se2/c1-21(2,3)17-15(29-19(23-17)25(7)8)11-13(27)12(14(11)28)16-18(22(4,5)6)24-20(30-16)26(9)10/h11,27H,1-10H3. The minimum absolute atomic E-state index is 0.0233. The molecule has 1 N–H and O–H groups in total. The average molecular weight is 542 g/mol. The molecule has 0 spiro atoms. The molecule has 2 heterocycles. The zero-order valence-electron chi connectivity index (χ0n) is 19.5. The van der Waals surface area contributed by atoms with Crippen LogP contribution in [0.15, 0.2) is 5.76 Å². The maximum atomic E-state index is 13.4. The van der Waals surface area contributed by atoms with Crippen molar-refractivity contribution in [1.29, 1.82) is 0 Å². The van der Waals surface area contributed by atoms with Gasteiger partial charge in [-0.2, -0.15) is 0 Å². The number of aliphatic hydroxyl groups is 1. The van der Waals surface area contributed by atoms with Gasteiger partial charge in [0.1, 0.15) is 0 Å². The van der Waals surface area contributed by atoms with Gasteiger partial charge in [0.2, 0.25) is 0 Å². The fourth-order valence-corrected chi connectivity index (χ4v) is 8.72. The molecule has 0 saturated carbocycles. The number of carbonyl (C=O) groups is 1. The van der Waals surface area contributed by atoms with Crippen molar-refractivity contribution in [2.45, 2.75) is 58.3 Å². The molecule has 0 radical (unpaired) electrons. The number of hydrogen-bond acceptors (Lipinski definition) is 6. The van der Waals surface area contributed by atoms with Crippen molar-refractivity contribution in [3.05, 3.63) is 26.0 Å². The van der Waals surface area contributed by atoms with Crippen LogP contribution < -0.4 is 9.80 Å². The first-order valence-corrected chi connectivity index (χ1v) is 13.4. The molecule has 2 aromatic heterocycles. The summed E-state index contributed by atoms with van der Waals surface area (Å²) < 4.78 is 3.92. The zero-order valence-corrected chi connectivity index (χ0v) is 23.0. The predicted molar refractivity (Wildman–Crippen MR) is 126 cm³/mol. The molecule has 0 saturated heterocycles. The van der Waals surface area contributed by atoms with Gasteiger partial charge in [0.25, 0.3) is 0 Å². The van der Waals surface area contributed by atoms with E-state index in [1.54, 1.807) is 0 Å². The molecule has 1 aliphatic carbocycles. The summed E-state index contributed by atoms with van der Waals surface area (Å²) in [7, 11) is 7.92. The van der Waals surface area contributed by atoms with E-state index in [1.165, 1.54) is 0 Å². The topological polar surface area (TPSA) is 69.6 Å². The second-order valence-corrected chi connectivity index (χ2v) is 14.4. The first kappa shape index (κ1) is 23.3. The average Bonchev–Trinajstić information content (AvgIpc) is 3.19. The minimum atomic E-state index is -0.552. The summed E-state index contributed by atoms with van der Waals surface area (Å²) in [6, 6.07) is 0. The molecular weight excluding hydrogens is 510 g/mol. The summed E-state index contributed by atoms with van der Waals surface area (Å²) in [4.78, 5) is 27.2. The van der Waals surface area contributed by atoms with Crippen LogP contribution in [-0.4, -0.2) is 78.1 Å². The molecule has 30 heavy (non-hydrogen) atoms. The van der Waals surface area contributed by atoms with Gasteiger partial charge in [0.05, 0.1) is 0 Å². The number of aromatic nitrogens is 2. The molecule has 2 aromatic rings. The van der Waals surface area contributed by atoms with E-state index < -0.39 is 5.92 Å². The number of anilines is 2. The van der Waals surface area contributed by atoms with Gasteiger partial charge in [-0.15, -0.1) is 0 Å². The molecule has 1 atom stereocenters. The summed E-state index contributed by atoms with van der Waals surface area (Å²) in [5, 5.41) is 11.2. The second kappa shape index (κ2) is 7.67. The molecule has 0 aromatic carbocycles. The fraction of sp³-hybridized carbons (Fsp3) is 0.591. The molecular formula is C22H32N4O2Se2. The number of nitrogens with zero attached hydrogens (tertiary/aromatic N) is 4. The fourth-order valence-electron chi connectivity index (χ4n) is 3.36. The first-order chi connectivity index (χ1) is 13.6. The van der Waals surface area contributed by atoms with Crippen LogP contribution >= 0.6 is 0 Å². The van der Waals surface area contributed by atoms with Crippen molar-refractivity contribution < 1.29 is 9.90 Å². The molecule has 8 heteroatoms. The number of Topliss-reactive ketones (excluding diaryl/α,β-unsaturated/α-hetero) is 1. The van der Waals surface area contributed by atoms with Gasteiger partial charge < -0.3 is 0 Å². The Morgan fingerprint density at radius 2 is 1.30 bits per heavy atom. The Balaban J connectivity index is 2.15. The number of ketones is 1. The van der Waals surface area contributed by atoms with Crippen LogP contribution in [0.25, 0.3) is 5.57 Å². The normalized spacial score (nSPS) is 17.4. The third-order valence-corrected chi connectivity index (χ3v) is 10.3. The van der Waals surface area contributed by atoms with Crippen LogP contribution in [0.4, 0.5) is 9.38 Å². The van der Waals surface area contributed by atoms with Crippen molar-refractivity contribution in [2.24, 2.45) is 0 Å². The monoisotopic (exact) mass is 544 g/mol. The molecule has 164 valence electrons. The molecule has 0 fully saturated rings. The van der Waals surface area contributed by atoms with Crippen molar-refractivity contribution >= 4 is 49.7 Å². The van der Waals surface area contributed by atoms with Crippen LogP contribution in [0.5, 0.6) is 0 Å². The van der Waals surface area contributed by atoms with Gasteiger partial charge in [0, 0.05) is 0 Å². The van der Waals surface area contributed by atoms with Crippen LogP contribution in [0, 0.1) is 0 Å². The number of allylic oxidation sites excluding steroid dienone is 2.